The maximum atomic E-state index is 9.72. The van der Waals surface area contributed by atoms with Gasteiger partial charge in [-0.3, -0.25) is 4.90 Å². The summed E-state index contributed by atoms with van der Waals surface area (Å²) >= 11 is 0. The Hall–Kier alpha value is -1.26. The van der Waals surface area contributed by atoms with Crippen LogP contribution in [0.1, 0.15) is 25.8 Å². The molecule has 20 heavy (non-hydrogen) atoms. The second-order valence-electron chi connectivity index (χ2n) is 5.26. The number of aromatic hydroxyl groups is 1. The molecule has 1 aromatic carbocycles. The Balaban J connectivity index is 2.58. The van der Waals surface area contributed by atoms with Crippen LogP contribution in [0, 0.1) is 0 Å². The lowest BCUT2D eigenvalue weighted by molar-refractivity contribution is 0.258. The minimum absolute atomic E-state index is 0.214. The van der Waals surface area contributed by atoms with Crippen LogP contribution in [0.5, 0.6) is 11.5 Å². The van der Waals surface area contributed by atoms with Crippen LogP contribution >= 0.6 is 0 Å². The predicted octanol–water partition coefficient (Wildman–Crippen LogP) is 2.56. The molecule has 0 atom stereocenters. The van der Waals surface area contributed by atoms with E-state index in [4.69, 9.17) is 4.74 Å². The second kappa shape index (κ2) is 8.82. The first-order chi connectivity index (χ1) is 9.56. The van der Waals surface area contributed by atoms with Gasteiger partial charge in [0.2, 0.25) is 0 Å². The highest BCUT2D eigenvalue weighted by molar-refractivity contribution is 5.41. The van der Waals surface area contributed by atoms with E-state index in [0.29, 0.717) is 12.4 Å². The van der Waals surface area contributed by atoms with Crippen LogP contribution in [-0.4, -0.2) is 55.2 Å². The van der Waals surface area contributed by atoms with E-state index < -0.39 is 0 Å². The molecule has 0 fully saturated rings. The number of ether oxygens (including phenoxy) is 1. The molecule has 1 aromatic rings. The molecule has 0 saturated heterocycles. The number of benzene rings is 1. The molecule has 4 nitrogen and oxygen atoms in total. The van der Waals surface area contributed by atoms with Gasteiger partial charge in [-0.15, -0.1) is 0 Å². The molecular weight excluding hydrogens is 252 g/mol. The van der Waals surface area contributed by atoms with E-state index in [1.165, 1.54) is 5.56 Å². The molecule has 0 bridgehead atoms. The van der Waals surface area contributed by atoms with E-state index in [9.17, 15) is 5.11 Å². The van der Waals surface area contributed by atoms with Crippen LogP contribution in [0.25, 0.3) is 0 Å². The highest BCUT2D eigenvalue weighted by atomic mass is 16.5. The predicted molar refractivity (Wildman–Crippen MR) is 83.4 cm³/mol. The molecule has 0 saturated carbocycles. The molecule has 0 unspecified atom stereocenters. The van der Waals surface area contributed by atoms with E-state index in [1.807, 2.05) is 19.1 Å². The van der Waals surface area contributed by atoms with Crippen molar-refractivity contribution in [2.75, 3.05) is 40.3 Å². The van der Waals surface area contributed by atoms with Crippen molar-refractivity contribution in [3.05, 3.63) is 23.8 Å². The summed E-state index contributed by atoms with van der Waals surface area (Å²) in [5.41, 5.74) is 1.18. The standard InChI is InChI=1S/C16H28N2O2/c1-5-18(11-7-10-17(3)4)13-14-8-9-15(19)16(12-14)20-6-2/h8-9,12,19H,5-7,10-11,13H2,1-4H3. The summed E-state index contributed by atoms with van der Waals surface area (Å²) < 4.78 is 5.43. The molecule has 0 aliphatic heterocycles. The van der Waals surface area contributed by atoms with E-state index in [0.717, 1.165) is 32.6 Å². The summed E-state index contributed by atoms with van der Waals surface area (Å²) in [5.74, 6) is 0.792. The van der Waals surface area contributed by atoms with Crippen LogP contribution in [0.15, 0.2) is 18.2 Å². The van der Waals surface area contributed by atoms with Crippen molar-refractivity contribution in [3.8, 4) is 11.5 Å². The van der Waals surface area contributed by atoms with Gasteiger partial charge in [0, 0.05) is 6.54 Å². The molecule has 0 aliphatic carbocycles. The molecule has 0 amide bonds. The molecule has 114 valence electrons. The Morgan fingerprint density at radius 2 is 1.90 bits per heavy atom. The van der Waals surface area contributed by atoms with Crippen LogP contribution in [0.3, 0.4) is 0 Å². The summed E-state index contributed by atoms with van der Waals surface area (Å²) in [6, 6.07) is 5.62. The summed E-state index contributed by atoms with van der Waals surface area (Å²) in [4.78, 5) is 4.62. The van der Waals surface area contributed by atoms with Crippen molar-refractivity contribution in [1.82, 2.24) is 9.80 Å². The lowest BCUT2D eigenvalue weighted by Crippen LogP contribution is -2.26. The van der Waals surface area contributed by atoms with Gasteiger partial charge in [-0.25, -0.2) is 0 Å². The number of phenols is 1. The van der Waals surface area contributed by atoms with Crippen molar-refractivity contribution >= 4 is 0 Å². The summed E-state index contributed by atoms with van der Waals surface area (Å²) in [6.07, 6.45) is 1.16. The third-order valence-corrected chi connectivity index (χ3v) is 3.26. The van der Waals surface area contributed by atoms with Gasteiger partial charge in [0.15, 0.2) is 11.5 Å². The lowest BCUT2D eigenvalue weighted by Gasteiger charge is -2.22. The molecule has 0 radical (unpaired) electrons. The highest BCUT2D eigenvalue weighted by Gasteiger charge is 2.07. The third-order valence-electron chi connectivity index (χ3n) is 3.26. The van der Waals surface area contributed by atoms with Gasteiger partial charge in [-0.2, -0.15) is 0 Å². The SMILES string of the molecule is CCOc1cc(CN(CC)CCCN(C)C)ccc1O. The highest BCUT2D eigenvalue weighted by Crippen LogP contribution is 2.27. The minimum Gasteiger partial charge on any atom is -0.504 e. The molecule has 1 rings (SSSR count). The summed E-state index contributed by atoms with van der Waals surface area (Å²) in [6.45, 7) is 8.78. The van der Waals surface area contributed by atoms with Crippen molar-refractivity contribution < 1.29 is 9.84 Å². The lowest BCUT2D eigenvalue weighted by atomic mass is 10.2. The molecule has 0 aromatic heterocycles. The zero-order valence-electron chi connectivity index (χ0n) is 13.2. The van der Waals surface area contributed by atoms with Crippen LogP contribution in [0.4, 0.5) is 0 Å². The third kappa shape index (κ3) is 5.80. The number of hydrogen-bond acceptors (Lipinski definition) is 4. The van der Waals surface area contributed by atoms with E-state index in [2.05, 4.69) is 30.8 Å². The largest absolute Gasteiger partial charge is 0.504 e. The molecular formula is C16H28N2O2. The van der Waals surface area contributed by atoms with Gasteiger partial charge < -0.3 is 14.7 Å². The Morgan fingerprint density at radius 3 is 2.50 bits per heavy atom. The number of rotatable bonds is 9. The Kier molecular flexibility index (Phi) is 7.41. The van der Waals surface area contributed by atoms with Gasteiger partial charge >= 0.3 is 0 Å². The summed E-state index contributed by atoms with van der Waals surface area (Å²) in [5, 5.41) is 9.72. The van der Waals surface area contributed by atoms with E-state index >= 15 is 0 Å². The van der Waals surface area contributed by atoms with Crippen molar-refractivity contribution in [1.29, 1.82) is 0 Å². The molecule has 0 aliphatic rings. The number of nitrogens with zero attached hydrogens (tertiary/aromatic N) is 2. The molecule has 4 heteroatoms. The summed E-state index contributed by atoms with van der Waals surface area (Å²) in [7, 11) is 4.20. The zero-order chi connectivity index (χ0) is 15.0. The first kappa shape index (κ1) is 16.8. The van der Waals surface area contributed by atoms with Gasteiger partial charge in [0.25, 0.3) is 0 Å². The Labute approximate surface area is 123 Å². The van der Waals surface area contributed by atoms with Crippen LogP contribution in [-0.2, 0) is 6.54 Å². The van der Waals surface area contributed by atoms with Crippen LogP contribution in [0.2, 0.25) is 0 Å². The minimum atomic E-state index is 0.214. The van der Waals surface area contributed by atoms with Gasteiger partial charge in [-0.05, 0) is 64.8 Å². The fourth-order valence-corrected chi connectivity index (χ4v) is 2.15. The van der Waals surface area contributed by atoms with E-state index in [1.54, 1.807) is 6.07 Å². The normalized spacial score (nSPS) is 11.3. The fourth-order valence-electron chi connectivity index (χ4n) is 2.15. The maximum Gasteiger partial charge on any atom is 0.161 e. The average molecular weight is 280 g/mol. The zero-order valence-corrected chi connectivity index (χ0v) is 13.2. The second-order valence-corrected chi connectivity index (χ2v) is 5.26. The van der Waals surface area contributed by atoms with Crippen molar-refractivity contribution in [2.24, 2.45) is 0 Å². The molecule has 0 spiro atoms. The molecule has 0 heterocycles. The van der Waals surface area contributed by atoms with Crippen molar-refractivity contribution in [3.63, 3.8) is 0 Å². The van der Waals surface area contributed by atoms with Gasteiger partial charge in [-0.1, -0.05) is 13.0 Å². The first-order valence-electron chi connectivity index (χ1n) is 7.38. The Bertz CT molecular complexity index is 394. The van der Waals surface area contributed by atoms with Crippen LogP contribution < -0.4 is 4.74 Å². The monoisotopic (exact) mass is 280 g/mol. The molecule has 1 N–H and O–H groups in total. The topological polar surface area (TPSA) is 35.9 Å². The fraction of sp³-hybridized carbons (Fsp3) is 0.625. The quantitative estimate of drug-likeness (QED) is 0.754. The number of phenolic OH excluding ortho intramolecular Hbond substituents is 1. The average Bonchev–Trinajstić information content (AvgIpc) is 2.41. The van der Waals surface area contributed by atoms with Gasteiger partial charge in [0.1, 0.15) is 0 Å². The van der Waals surface area contributed by atoms with E-state index in [-0.39, 0.29) is 5.75 Å². The van der Waals surface area contributed by atoms with Crippen molar-refractivity contribution in [2.45, 2.75) is 26.8 Å². The number of hydrogen-bond donors (Lipinski definition) is 1. The smallest absolute Gasteiger partial charge is 0.161 e. The van der Waals surface area contributed by atoms with Gasteiger partial charge in [0.05, 0.1) is 6.61 Å². The Morgan fingerprint density at radius 1 is 1.15 bits per heavy atom. The maximum absolute atomic E-state index is 9.72. The first-order valence-corrected chi connectivity index (χ1v) is 7.38.